The van der Waals surface area contributed by atoms with E-state index in [2.05, 4.69) is 16.2 Å². The van der Waals surface area contributed by atoms with Crippen molar-refractivity contribution in [2.75, 3.05) is 0 Å². The third-order valence-corrected chi connectivity index (χ3v) is 3.45. The second-order valence-corrected chi connectivity index (χ2v) is 4.64. The number of aromatic nitrogens is 3. The molecule has 0 saturated heterocycles. The largest absolute Gasteiger partial charge is 0.220 e. The highest BCUT2D eigenvalue weighted by molar-refractivity contribution is 5.42. The summed E-state index contributed by atoms with van der Waals surface area (Å²) >= 11 is 0. The van der Waals surface area contributed by atoms with E-state index in [1.54, 1.807) is 16.8 Å². The number of rotatable bonds is 1. The maximum absolute atomic E-state index is 8.84. The van der Waals surface area contributed by atoms with Crippen LogP contribution in [-0.2, 0) is 0 Å². The van der Waals surface area contributed by atoms with Crippen LogP contribution >= 0.6 is 0 Å². The molecule has 0 radical (unpaired) electrons. The van der Waals surface area contributed by atoms with Crippen LogP contribution < -0.4 is 0 Å². The van der Waals surface area contributed by atoms with Crippen molar-refractivity contribution >= 4 is 5.65 Å². The first-order chi connectivity index (χ1) is 8.36. The molecule has 0 atom stereocenters. The second-order valence-electron chi connectivity index (χ2n) is 4.64. The second kappa shape index (κ2) is 4.17. The van der Waals surface area contributed by atoms with Gasteiger partial charge in [0, 0.05) is 12.1 Å². The van der Waals surface area contributed by atoms with Crippen molar-refractivity contribution in [3.63, 3.8) is 0 Å². The molecule has 0 aliphatic heterocycles. The van der Waals surface area contributed by atoms with Gasteiger partial charge in [0.1, 0.15) is 6.07 Å². The van der Waals surface area contributed by atoms with Gasteiger partial charge < -0.3 is 0 Å². The van der Waals surface area contributed by atoms with E-state index in [4.69, 9.17) is 5.26 Å². The molecule has 1 saturated carbocycles. The normalized spacial score (nSPS) is 17.1. The molecule has 2 aromatic heterocycles. The van der Waals surface area contributed by atoms with Crippen molar-refractivity contribution in [2.45, 2.75) is 38.0 Å². The van der Waals surface area contributed by atoms with Gasteiger partial charge in [0.05, 0.1) is 5.56 Å². The lowest BCUT2D eigenvalue weighted by Gasteiger charge is -2.17. The minimum absolute atomic E-state index is 0.509. The monoisotopic (exact) mass is 226 g/mol. The molecule has 0 amide bonds. The Balaban J connectivity index is 1.98. The molecule has 0 N–H and O–H groups in total. The summed E-state index contributed by atoms with van der Waals surface area (Å²) in [5.74, 6) is 1.45. The lowest BCUT2D eigenvalue weighted by Crippen LogP contribution is -2.06. The maximum Gasteiger partial charge on any atom is 0.155 e. The smallest absolute Gasteiger partial charge is 0.155 e. The fraction of sp³-hybridized carbons (Fsp3) is 0.462. The van der Waals surface area contributed by atoms with Gasteiger partial charge in [0.2, 0.25) is 0 Å². The van der Waals surface area contributed by atoms with Crippen molar-refractivity contribution in [1.29, 1.82) is 5.26 Å². The maximum atomic E-state index is 8.84. The van der Waals surface area contributed by atoms with Crippen LogP contribution in [0.4, 0.5) is 0 Å². The summed E-state index contributed by atoms with van der Waals surface area (Å²) in [7, 11) is 0. The Hall–Kier alpha value is -1.89. The first-order valence-electron chi connectivity index (χ1n) is 6.13. The van der Waals surface area contributed by atoms with E-state index in [1.165, 1.54) is 32.1 Å². The zero-order chi connectivity index (χ0) is 11.7. The predicted octanol–water partition coefficient (Wildman–Crippen LogP) is 2.65. The average molecular weight is 226 g/mol. The van der Waals surface area contributed by atoms with Crippen LogP contribution in [0.5, 0.6) is 0 Å². The Labute approximate surface area is 99.9 Å². The Morgan fingerprint density at radius 2 is 2.06 bits per heavy atom. The Morgan fingerprint density at radius 1 is 1.24 bits per heavy atom. The molecule has 4 heteroatoms. The molecule has 2 aromatic rings. The molecule has 17 heavy (non-hydrogen) atoms. The standard InChI is InChI=1S/C13H14N4/c14-8-10-6-7-12-15-13(16-17(12)9-10)11-4-2-1-3-5-11/h6-7,9,11H,1-5H2. The van der Waals surface area contributed by atoms with Gasteiger partial charge in [0.15, 0.2) is 11.5 Å². The highest BCUT2D eigenvalue weighted by Crippen LogP contribution is 2.30. The van der Waals surface area contributed by atoms with E-state index in [1.807, 2.05) is 6.07 Å². The minimum Gasteiger partial charge on any atom is -0.220 e. The Bertz CT molecular complexity index is 573. The van der Waals surface area contributed by atoms with E-state index in [0.717, 1.165) is 11.5 Å². The highest BCUT2D eigenvalue weighted by atomic mass is 15.3. The van der Waals surface area contributed by atoms with Crippen LogP contribution in [0.15, 0.2) is 18.3 Å². The van der Waals surface area contributed by atoms with Crippen LogP contribution in [0.1, 0.15) is 49.4 Å². The number of hydrogen-bond acceptors (Lipinski definition) is 3. The molecular formula is C13H14N4. The van der Waals surface area contributed by atoms with Gasteiger partial charge in [-0.2, -0.15) is 10.4 Å². The van der Waals surface area contributed by atoms with Crippen LogP contribution in [0.2, 0.25) is 0 Å². The highest BCUT2D eigenvalue weighted by Gasteiger charge is 2.19. The molecule has 2 heterocycles. The first-order valence-corrected chi connectivity index (χ1v) is 6.13. The van der Waals surface area contributed by atoms with Crippen LogP contribution in [0.3, 0.4) is 0 Å². The lowest BCUT2D eigenvalue weighted by atomic mass is 9.89. The molecule has 4 nitrogen and oxygen atoms in total. The van der Waals surface area contributed by atoms with Crippen molar-refractivity contribution in [1.82, 2.24) is 14.6 Å². The van der Waals surface area contributed by atoms with Crippen LogP contribution in [0, 0.1) is 11.3 Å². The van der Waals surface area contributed by atoms with Crippen LogP contribution in [-0.4, -0.2) is 14.6 Å². The number of nitrogens with zero attached hydrogens (tertiary/aromatic N) is 4. The van der Waals surface area contributed by atoms with Gasteiger partial charge in [-0.15, -0.1) is 0 Å². The average Bonchev–Trinajstić information content (AvgIpc) is 2.82. The zero-order valence-electron chi connectivity index (χ0n) is 9.63. The molecule has 0 bridgehead atoms. The quantitative estimate of drug-likeness (QED) is 0.751. The first kappa shape index (κ1) is 10.3. The predicted molar refractivity (Wildman–Crippen MR) is 63.5 cm³/mol. The van der Waals surface area contributed by atoms with Crippen molar-refractivity contribution in [3.8, 4) is 6.07 Å². The minimum atomic E-state index is 0.509. The molecule has 3 rings (SSSR count). The van der Waals surface area contributed by atoms with Crippen molar-refractivity contribution < 1.29 is 0 Å². The van der Waals surface area contributed by atoms with Gasteiger partial charge >= 0.3 is 0 Å². The van der Waals surface area contributed by atoms with E-state index >= 15 is 0 Å². The molecule has 0 spiro atoms. The molecular weight excluding hydrogens is 212 g/mol. The number of nitriles is 1. The summed E-state index contributed by atoms with van der Waals surface area (Å²) in [5.41, 5.74) is 1.46. The van der Waals surface area contributed by atoms with Gasteiger partial charge in [-0.05, 0) is 25.0 Å². The van der Waals surface area contributed by atoms with E-state index in [-0.39, 0.29) is 0 Å². The molecule has 86 valence electrons. The number of fused-ring (bicyclic) bond motifs is 1. The summed E-state index contributed by atoms with van der Waals surface area (Å²) in [5, 5.41) is 13.3. The summed E-state index contributed by atoms with van der Waals surface area (Å²) in [6.07, 6.45) is 8.04. The SMILES string of the molecule is N#Cc1ccc2nc(C3CCCCC3)nn2c1. The topological polar surface area (TPSA) is 54.0 Å². The van der Waals surface area contributed by atoms with Gasteiger partial charge in [0.25, 0.3) is 0 Å². The van der Waals surface area contributed by atoms with E-state index in [0.29, 0.717) is 11.5 Å². The lowest BCUT2D eigenvalue weighted by molar-refractivity contribution is 0.429. The Kier molecular flexibility index (Phi) is 2.52. The molecule has 1 aliphatic carbocycles. The Morgan fingerprint density at radius 3 is 2.82 bits per heavy atom. The van der Waals surface area contributed by atoms with E-state index in [9.17, 15) is 0 Å². The summed E-state index contributed by atoms with van der Waals surface area (Å²) in [6, 6.07) is 5.76. The van der Waals surface area contributed by atoms with E-state index < -0.39 is 0 Å². The molecule has 0 unspecified atom stereocenters. The van der Waals surface area contributed by atoms with Gasteiger partial charge in [-0.1, -0.05) is 19.3 Å². The summed E-state index contributed by atoms with van der Waals surface area (Å²) in [6.45, 7) is 0. The molecule has 1 fully saturated rings. The summed E-state index contributed by atoms with van der Waals surface area (Å²) < 4.78 is 1.72. The van der Waals surface area contributed by atoms with Gasteiger partial charge in [-0.25, -0.2) is 9.50 Å². The van der Waals surface area contributed by atoms with Crippen LogP contribution in [0.25, 0.3) is 5.65 Å². The van der Waals surface area contributed by atoms with Gasteiger partial charge in [-0.3, -0.25) is 0 Å². The number of hydrogen-bond donors (Lipinski definition) is 0. The molecule has 0 aromatic carbocycles. The van der Waals surface area contributed by atoms with Crippen molar-refractivity contribution in [2.24, 2.45) is 0 Å². The summed E-state index contributed by atoms with van der Waals surface area (Å²) in [4.78, 5) is 4.55. The number of pyridine rings is 1. The third kappa shape index (κ3) is 1.89. The molecule has 1 aliphatic rings. The van der Waals surface area contributed by atoms with Crippen molar-refractivity contribution in [3.05, 3.63) is 29.7 Å². The third-order valence-electron chi connectivity index (χ3n) is 3.45. The fourth-order valence-electron chi connectivity index (χ4n) is 2.50. The zero-order valence-corrected chi connectivity index (χ0v) is 9.63. The fourth-order valence-corrected chi connectivity index (χ4v) is 2.50.